The van der Waals surface area contributed by atoms with Gasteiger partial charge in [0.1, 0.15) is 28.0 Å². The first-order chi connectivity index (χ1) is 37.1. The van der Waals surface area contributed by atoms with Crippen LogP contribution < -0.4 is 0 Å². The van der Waals surface area contributed by atoms with Gasteiger partial charge in [0.2, 0.25) is 0 Å². The van der Waals surface area contributed by atoms with Crippen molar-refractivity contribution in [3.8, 4) is 45.3 Å². The van der Waals surface area contributed by atoms with Crippen LogP contribution in [0.1, 0.15) is 0 Å². The summed E-state index contributed by atoms with van der Waals surface area (Å²) in [6.45, 7) is 0. The lowest BCUT2D eigenvalue weighted by atomic mass is 9.93. The molecule has 0 N–H and O–H groups in total. The third-order valence-corrected chi connectivity index (χ3v) is 15.5. The van der Waals surface area contributed by atoms with Crippen LogP contribution >= 0.6 is 22.6 Å². The van der Waals surface area contributed by atoms with E-state index in [1.54, 1.807) is 0 Å². The molecule has 0 saturated carbocycles. The number of hydrogen-bond donors (Lipinski definition) is 0. The maximum absolute atomic E-state index is 6.40. The lowest BCUT2D eigenvalue weighted by Crippen LogP contribution is -1.94. The third kappa shape index (κ3) is 7.07. The van der Waals surface area contributed by atoms with Gasteiger partial charge in [-0.25, -0.2) is 19.9 Å². The van der Waals surface area contributed by atoms with Gasteiger partial charge in [0.25, 0.3) is 0 Å². The number of fused-ring (bicyclic) bond motifs is 18. The molecule has 7 heteroatoms. The molecule has 4 aromatic heterocycles. The average Bonchev–Trinajstić information content (AvgIpc) is 4.08. The zero-order valence-electron chi connectivity index (χ0n) is 40.0. The fourth-order valence-electron chi connectivity index (χ4n) is 11.2. The standard InChI is InChI=1S/C34H19IN2O.C34H20N2O/c35-29-16-8-15-27-31-33(38-32(27)29)30(20-9-2-1-3-10-20)36-34(37-31)21-17-18-26-24-13-5-4-11-22(24)23-12-6-7-14-25(23)28(26)19-21;1-2-10-21(11-3-1)31-33-32(28-16-8-9-17-30(28)37-33)36-34(35-31)22-18-19-27-25-14-5-4-12-23(25)24-13-6-7-15-26(24)29(27)20-22/h1-19H;1-20H. The van der Waals surface area contributed by atoms with Crippen molar-refractivity contribution in [2.45, 2.75) is 0 Å². The zero-order valence-corrected chi connectivity index (χ0v) is 42.2. The maximum Gasteiger partial charge on any atom is 0.180 e. The summed E-state index contributed by atoms with van der Waals surface area (Å²) in [5.74, 6) is 1.38. The van der Waals surface area contributed by atoms with Crippen LogP contribution in [0, 0.1) is 3.57 Å². The Labute approximate surface area is 442 Å². The molecule has 6 nitrogen and oxygen atoms in total. The van der Waals surface area contributed by atoms with E-state index in [-0.39, 0.29) is 0 Å². The largest absolute Gasteiger partial charge is 0.452 e. The molecule has 0 aliphatic heterocycles. The predicted octanol–water partition coefficient (Wildman–Crippen LogP) is 18.9. The third-order valence-electron chi connectivity index (χ3n) is 14.6. The minimum absolute atomic E-state index is 0.692. The molecule has 0 aliphatic rings. The van der Waals surface area contributed by atoms with Crippen LogP contribution in [0.3, 0.4) is 0 Å². The zero-order chi connectivity index (χ0) is 49.6. The van der Waals surface area contributed by atoms with Crippen LogP contribution in [0.25, 0.3) is 154 Å². The lowest BCUT2D eigenvalue weighted by Gasteiger charge is -2.12. The van der Waals surface area contributed by atoms with Crippen molar-refractivity contribution in [2.75, 3.05) is 0 Å². The van der Waals surface area contributed by atoms with Gasteiger partial charge in [0.15, 0.2) is 28.4 Å². The summed E-state index contributed by atoms with van der Waals surface area (Å²) in [5.41, 5.74) is 10.4. The van der Waals surface area contributed by atoms with Crippen LogP contribution in [0.5, 0.6) is 0 Å². The van der Waals surface area contributed by atoms with E-state index in [0.717, 1.165) is 75.8 Å². The van der Waals surface area contributed by atoms with Crippen molar-refractivity contribution in [3.63, 3.8) is 0 Å². The fraction of sp³-hybridized carbons (Fsp3) is 0. The van der Waals surface area contributed by atoms with E-state index in [1.807, 2.05) is 54.6 Å². The highest BCUT2D eigenvalue weighted by molar-refractivity contribution is 14.1. The van der Waals surface area contributed by atoms with Gasteiger partial charge in [-0.3, -0.25) is 0 Å². The summed E-state index contributed by atoms with van der Waals surface area (Å²) in [5, 5.41) is 16.9. The van der Waals surface area contributed by atoms with E-state index >= 15 is 0 Å². The summed E-state index contributed by atoms with van der Waals surface area (Å²) >= 11 is 2.32. The Hall–Kier alpha value is -9.31. The van der Waals surface area contributed by atoms with Gasteiger partial charge in [-0.2, -0.15) is 0 Å². The van der Waals surface area contributed by atoms with E-state index in [2.05, 4.69) is 205 Å². The minimum atomic E-state index is 0.692. The molecule has 0 bridgehead atoms. The van der Waals surface area contributed by atoms with Crippen molar-refractivity contribution in [2.24, 2.45) is 0 Å². The Balaban J connectivity index is 0.000000132. The van der Waals surface area contributed by atoms with Crippen molar-refractivity contribution in [3.05, 3.63) is 240 Å². The summed E-state index contributed by atoms with van der Waals surface area (Å²) in [4.78, 5) is 20.4. The molecule has 16 aromatic rings. The molecule has 75 heavy (non-hydrogen) atoms. The van der Waals surface area contributed by atoms with Gasteiger partial charge in [0, 0.05) is 33.0 Å². The van der Waals surface area contributed by atoms with E-state index in [1.165, 1.54) is 64.6 Å². The molecule has 4 heterocycles. The first-order valence-electron chi connectivity index (χ1n) is 25.0. The van der Waals surface area contributed by atoms with Crippen LogP contribution in [0.4, 0.5) is 0 Å². The fourth-order valence-corrected chi connectivity index (χ4v) is 11.8. The summed E-state index contributed by atoms with van der Waals surface area (Å²) in [6.07, 6.45) is 0. The normalized spacial score (nSPS) is 11.8. The number of rotatable bonds is 4. The molecule has 350 valence electrons. The number of para-hydroxylation sites is 2. The molecule has 0 unspecified atom stereocenters. The Bertz CT molecular complexity index is 4900. The Morgan fingerprint density at radius 2 is 0.613 bits per heavy atom. The Kier molecular flexibility index (Phi) is 10.1. The molecule has 0 radical (unpaired) electrons. The molecule has 0 saturated heterocycles. The van der Waals surface area contributed by atoms with Crippen LogP contribution in [0.15, 0.2) is 245 Å². The first kappa shape index (κ1) is 43.3. The topological polar surface area (TPSA) is 77.8 Å². The van der Waals surface area contributed by atoms with Crippen molar-refractivity contribution < 1.29 is 8.83 Å². The number of halogens is 1. The molecule has 16 rings (SSSR count). The van der Waals surface area contributed by atoms with Crippen LogP contribution in [-0.4, -0.2) is 19.9 Å². The molecule has 0 aliphatic carbocycles. The van der Waals surface area contributed by atoms with E-state index < -0.39 is 0 Å². The van der Waals surface area contributed by atoms with E-state index in [4.69, 9.17) is 28.8 Å². The summed E-state index contributed by atoms with van der Waals surface area (Å²) in [6, 6.07) is 82.4. The average molecular weight is 1070 g/mol. The van der Waals surface area contributed by atoms with Crippen molar-refractivity contribution in [1.29, 1.82) is 0 Å². The van der Waals surface area contributed by atoms with Crippen molar-refractivity contribution >= 4 is 131 Å². The van der Waals surface area contributed by atoms with Gasteiger partial charge in [0.05, 0.1) is 3.57 Å². The molecule has 12 aromatic carbocycles. The SMILES string of the molecule is Ic1cccc2c1oc1c(-c3ccccc3)nc(-c3ccc4c5ccccc5c5ccccc5c4c3)nc12.c1ccc(-c2nc(-c3ccc4c5ccccc5c5ccccc5c4c3)nc3c2oc2ccccc23)cc1. The smallest absolute Gasteiger partial charge is 0.180 e. The highest BCUT2D eigenvalue weighted by Gasteiger charge is 2.22. The molecule has 0 spiro atoms. The first-order valence-corrected chi connectivity index (χ1v) is 26.1. The van der Waals surface area contributed by atoms with Gasteiger partial charge in [-0.15, -0.1) is 0 Å². The van der Waals surface area contributed by atoms with Gasteiger partial charge < -0.3 is 8.83 Å². The Morgan fingerprint density at radius 1 is 0.253 bits per heavy atom. The van der Waals surface area contributed by atoms with Gasteiger partial charge >= 0.3 is 0 Å². The van der Waals surface area contributed by atoms with Crippen LogP contribution in [0.2, 0.25) is 0 Å². The number of furan rings is 2. The number of aromatic nitrogens is 4. The number of nitrogens with zero attached hydrogens (tertiary/aromatic N) is 4. The second-order valence-corrected chi connectivity index (χ2v) is 20.1. The second-order valence-electron chi connectivity index (χ2n) is 18.9. The van der Waals surface area contributed by atoms with Gasteiger partial charge in [-0.1, -0.05) is 200 Å². The Morgan fingerprint density at radius 3 is 1.08 bits per heavy atom. The monoisotopic (exact) mass is 1070 g/mol. The van der Waals surface area contributed by atoms with E-state index in [9.17, 15) is 0 Å². The molecule has 0 atom stereocenters. The summed E-state index contributed by atoms with van der Waals surface area (Å²) in [7, 11) is 0. The van der Waals surface area contributed by atoms with E-state index in [0.29, 0.717) is 17.2 Å². The predicted molar refractivity (Wildman–Crippen MR) is 318 cm³/mol. The summed E-state index contributed by atoms with van der Waals surface area (Å²) < 4.78 is 13.7. The number of benzene rings is 12. The molecular weight excluding hydrogens is 1030 g/mol. The van der Waals surface area contributed by atoms with Crippen molar-refractivity contribution in [1.82, 2.24) is 19.9 Å². The second kappa shape index (κ2) is 17.4. The van der Waals surface area contributed by atoms with Crippen LogP contribution in [-0.2, 0) is 0 Å². The molecule has 0 fully saturated rings. The minimum Gasteiger partial charge on any atom is -0.452 e. The molecular formula is C68H39IN4O2. The molecule has 0 amide bonds. The highest BCUT2D eigenvalue weighted by atomic mass is 127. The number of hydrogen-bond acceptors (Lipinski definition) is 6. The van der Waals surface area contributed by atoms with Gasteiger partial charge in [-0.05, 0) is 124 Å². The highest BCUT2D eigenvalue weighted by Crippen LogP contribution is 2.42. The quantitative estimate of drug-likeness (QED) is 0.129. The maximum atomic E-state index is 6.40. The lowest BCUT2D eigenvalue weighted by molar-refractivity contribution is 0.665.